The van der Waals surface area contributed by atoms with Crippen LogP contribution in [0, 0.1) is 10.1 Å². The van der Waals surface area contributed by atoms with E-state index >= 15 is 0 Å². The number of fused-ring (bicyclic) bond motifs is 1. The van der Waals surface area contributed by atoms with E-state index in [1.807, 2.05) is 30.3 Å². The topological polar surface area (TPSA) is 107 Å². The summed E-state index contributed by atoms with van der Waals surface area (Å²) in [4.78, 5) is 29.9. The van der Waals surface area contributed by atoms with Crippen molar-refractivity contribution in [2.45, 2.75) is 32.2 Å². The molecule has 188 valence electrons. The zero-order chi connectivity index (χ0) is 25.8. The number of carbonyl (C=O) groups excluding carboxylic acids is 1. The lowest BCUT2D eigenvalue weighted by molar-refractivity contribution is -0.384. The summed E-state index contributed by atoms with van der Waals surface area (Å²) in [5.41, 5.74) is 3.18. The lowest BCUT2D eigenvalue weighted by atomic mass is 9.95. The van der Waals surface area contributed by atoms with Gasteiger partial charge in [-0.2, -0.15) is 0 Å². The van der Waals surface area contributed by atoms with Crippen LogP contribution in [-0.2, 0) is 19.4 Å². The van der Waals surface area contributed by atoms with Crippen LogP contribution in [0.15, 0.2) is 70.1 Å². The van der Waals surface area contributed by atoms with E-state index in [-0.39, 0.29) is 11.6 Å². The Morgan fingerprint density at radius 1 is 1.16 bits per heavy atom. The largest absolute Gasteiger partial charge is 0.496 e. The number of carbonyl (C=O) groups is 1. The van der Waals surface area contributed by atoms with Crippen LogP contribution in [0.2, 0.25) is 0 Å². The molecule has 2 aromatic carbocycles. The highest BCUT2D eigenvalue weighted by Gasteiger charge is 2.25. The molecule has 1 aliphatic rings. The predicted molar refractivity (Wildman–Crippen MR) is 143 cm³/mol. The average Bonchev–Trinajstić information content (AvgIpc) is 3.55. The Bertz CT molecular complexity index is 1470. The summed E-state index contributed by atoms with van der Waals surface area (Å²) < 4.78 is 11.3. The first-order valence-electron chi connectivity index (χ1n) is 12.0. The van der Waals surface area contributed by atoms with E-state index in [1.165, 1.54) is 24.1 Å². The van der Waals surface area contributed by atoms with E-state index in [9.17, 15) is 14.9 Å². The molecular weight excluding hydrogens is 490 g/mol. The number of benzene rings is 2. The number of ether oxygens (including phenoxy) is 1. The molecular formula is C28H25N3O5S. The molecule has 4 aromatic rings. The van der Waals surface area contributed by atoms with Gasteiger partial charge in [0, 0.05) is 23.6 Å². The number of nitro benzene ring substituents is 1. The van der Waals surface area contributed by atoms with Crippen LogP contribution in [0.25, 0.3) is 11.3 Å². The van der Waals surface area contributed by atoms with Gasteiger partial charge in [0.15, 0.2) is 0 Å². The fraction of sp³-hybridized carbons (Fsp3) is 0.214. The maximum absolute atomic E-state index is 13.3. The Hall–Kier alpha value is -4.24. The highest BCUT2D eigenvalue weighted by atomic mass is 32.1. The SMILES string of the molecule is COc1ccc([N+](=O)[O-])cc1-c1ccc(C=Nc2sc3c(c2C(=O)NCc2ccccc2)CCCC3)o1. The number of nitrogens with zero attached hydrogens (tertiary/aromatic N) is 2. The van der Waals surface area contributed by atoms with Gasteiger partial charge in [-0.1, -0.05) is 30.3 Å². The molecule has 8 nitrogen and oxygen atoms in total. The molecule has 0 spiro atoms. The van der Waals surface area contributed by atoms with Crippen molar-refractivity contribution in [1.29, 1.82) is 0 Å². The fourth-order valence-corrected chi connectivity index (χ4v) is 5.66. The smallest absolute Gasteiger partial charge is 0.270 e. The first-order chi connectivity index (χ1) is 18.0. The van der Waals surface area contributed by atoms with Crippen molar-refractivity contribution in [3.05, 3.63) is 98.1 Å². The van der Waals surface area contributed by atoms with E-state index in [0.29, 0.717) is 39.9 Å². The molecule has 0 saturated heterocycles. The third-order valence-electron chi connectivity index (χ3n) is 6.27. The zero-order valence-electron chi connectivity index (χ0n) is 20.2. The van der Waals surface area contributed by atoms with Crippen molar-refractivity contribution in [3.63, 3.8) is 0 Å². The van der Waals surface area contributed by atoms with Crippen LogP contribution in [0.4, 0.5) is 10.7 Å². The van der Waals surface area contributed by atoms with Crippen molar-refractivity contribution >= 4 is 34.1 Å². The number of methoxy groups -OCH3 is 1. The number of hydrogen-bond donors (Lipinski definition) is 1. The normalized spacial score (nSPS) is 12.9. The number of nitrogens with one attached hydrogen (secondary N) is 1. The van der Waals surface area contributed by atoms with E-state index in [2.05, 4.69) is 10.3 Å². The number of hydrogen-bond acceptors (Lipinski definition) is 7. The van der Waals surface area contributed by atoms with Crippen LogP contribution in [0.3, 0.4) is 0 Å². The quantitative estimate of drug-likeness (QED) is 0.164. The first-order valence-corrected chi connectivity index (χ1v) is 12.8. The summed E-state index contributed by atoms with van der Waals surface area (Å²) in [6.07, 6.45) is 5.56. The zero-order valence-corrected chi connectivity index (χ0v) is 21.0. The van der Waals surface area contributed by atoms with Crippen LogP contribution >= 0.6 is 11.3 Å². The molecule has 0 saturated carbocycles. The molecule has 0 unspecified atom stereocenters. The maximum Gasteiger partial charge on any atom is 0.270 e. The first kappa shape index (κ1) is 24.5. The summed E-state index contributed by atoms with van der Waals surface area (Å²) >= 11 is 1.55. The molecule has 1 amide bonds. The predicted octanol–water partition coefficient (Wildman–Crippen LogP) is 6.48. The molecule has 0 fully saturated rings. The van der Waals surface area contributed by atoms with Gasteiger partial charge in [0.2, 0.25) is 0 Å². The van der Waals surface area contributed by atoms with Gasteiger partial charge in [-0.25, -0.2) is 4.99 Å². The van der Waals surface area contributed by atoms with Crippen molar-refractivity contribution in [2.75, 3.05) is 7.11 Å². The Kier molecular flexibility index (Phi) is 7.14. The summed E-state index contributed by atoms with van der Waals surface area (Å²) in [7, 11) is 1.50. The minimum Gasteiger partial charge on any atom is -0.496 e. The maximum atomic E-state index is 13.3. The lowest BCUT2D eigenvalue weighted by Gasteiger charge is -2.12. The second-order valence-corrected chi connectivity index (χ2v) is 9.74. The lowest BCUT2D eigenvalue weighted by Crippen LogP contribution is -2.24. The number of amides is 1. The van der Waals surface area contributed by atoms with Crippen molar-refractivity contribution < 1.29 is 18.9 Å². The highest BCUT2D eigenvalue weighted by molar-refractivity contribution is 7.16. The molecule has 5 rings (SSSR count). The van der Waals surface area contributed by atoms with Crippen molar-refractivity contribution in [3.8, 4) is 17.1 Å². The van der Waals surface area contributed by atoms with Crippen molar-refractivity contribution in [2.24, 2.45) is 4.99 Å². The summed E-state index contributed by atoms with van der Waals surface area (Å²) in [6, 6.07) is 17.6. The molecule has 9 heteroatoms. The average molecular weight is 516 g/mol. The molecule has 37 heavy (non-hydrogen) atoms. The Labute approximate surface area is 217 Å². The van der Waals surface area contributed by atoms with Crippen LogP contribution in [0.5, 0.6) is 5.75 Å². The van der Waals surface area contributed by atoms with E-state index < -0.39 is 4.92 Å². The van der Waals surface area contributed by atoms with Crippen molar-refractivity contribution in [1.82, 2.24) is 5.32 Å². The molecule has 0 aliphatic heterocycles. The number of nitro groups is 1. The van der Waals surface area contributed by atoms with Crippen LogP contribution in [0.1, 0.15) is 45.0 Å². The number of aryl methyl sites for hydroxylation is 1. The minimum absolute atomic E-state index is 0.0576. The number of aliphatic imine (C=N–C) groups is 1. The van der Waals surface area contributed by atoms with E-state index in [4.69, 9.17) is 9.15 Å². The third-order valence-corrected chi connectivity index (χ3v) is 7.47. The van der Waals surface area contributed by atoms with Gasteiger partial charge in [-0.15, -0.1) is 11.3 Å². The van der Waals surface area contributed by atoms with Gasteiger partial charge in [0.25, 0.3) is 11.6 Å². The number of non-ortho nitro benzene ring substituents is 1. The molecule has 2 heterocycles. The van der Waals surface area contributed by atoms with E-state index in [0.717, 1.165) is 36.8 Å². The monoisotopic (exact) mass is 515 g/mol. The third kappa shape index (κ3) is 5.31. The fourth-order valence-electron chi connectivity index (χ4n) is 4.43. The van der Waals surface area contributed by atoms with Crippen LogP contribution in [-0.4, -0.2) is 24.2 Å². The van der Waals surface area contributed by atoms with Gasteiger partial charge in [0.05, 0.1) is 29.4 Å². The number of rotatable bonds is 8. The van der Waals surface area contributed by atoms with Gasteiger partial charge in [-0.05, 0) is 55.0 Å². The Balaban J connectivity index is 1.41. The number of thiophene rings is 1. The second-order valence-electron chi connectivity index (χ2n) is 8.66. The summed E-state index contributed by atoms with van der Waals surface area (Å²) in [5, 5.41) is 14.9. The van der Waals surface area contributed by atoms with E-state index in [1.54, 1.807) is 35.8 Å². The van der Waals surface area contributed by atoms with Gasteiger partial charge >= 0.3 is 0 Å². The second kappa shape index (κ2) is 10.8. The molecule has 0 radical (unpaired) electrons. The highest BCUT2D eigenvalue weighted by Crippen LogP contribution is 2.40. The summed E-state index contributed by atoms with van der Waals surface area (Å²) in [6.45, 7) is 0.444. The molecule has 2 aromatic heterocycles. The van der Waals surface area contributed by atoms with Gasteiger partial charge < -0.3 is 14.5 Å². The summed E-state index contributed by atoms with van der Waals surface area (Å²) in [5.74, 6) is 1.22. The minimum atomic E-state index is -0.461. The molecule has 1 aliphatic carbocycles. The Morgan fingerprint density at radius 2 is 1.97 bits per heavy atom. The number of furan rings is 1. The van der Waals surface area contributed by atoms with Gasteiger partial charge in [-0.3, -0.25) is 14.9 Å². The van der Waals surface area contributed by atoms with Gasteiger partial charge in [0.1, 0.15) is 22.3 Å². The molecule has 0 bridgehead atoms. The Morgan fingerprint density at radius 3 is 2.76 bits per heavy atom. The standard InChI is InChI=1S/C28H25N3O5S/c1-35-23-13-11-19(31(33)34)15-22(23)24-14-12-20(36-24)17-30-28-26(21-9-5-6-10-25(21)37-28)27(32)29-16-18-7-3-2-4-8-18/h2-4,7-8,11-15,17H,5-6,9-10,16H2,1H3,(H,29,32). The molecule has 0 atom stereocenters. The molecule has 1 N–H and O–H groups in total. The van der Waals surface area contributed by atoms with Crippen LogP contribution < -0.4 is 10.1 Å².